The molecule has 7 heteroatoms. The molecule has 22 heavy (non-hydrogen) atoms. The van der Waals surface area contributed by atoms with Crippen molar-refractivity contribution in [1.29, 1.82) is 5.26 Å². The Balaban J connectivity index is 2.60. The molecule has 0 aliphatic rings. The topological polar surface area (TPSA) is 85.0 Å². The molecule has 0 N–H and O–H groups in total. The molecule has 0 atom stereocenters. The monoisotopic (exact) mass is 301 g/mol. The largest absolute Gasteiger partial charge is 0.462 e. The zero-order chi connectivity index (χ0) is 16.1. The van der Waals surface area contributed by atoms with E-state index >= 15 is 0 Å². The van der Waals surface area contributed by atoms with Gasteiger partial charge in [-0.2, -0.15) is 10.4 Å². The lowest BCUT2D eigenvalue weighted by Crippen LogP contribution is -2.29. The third kappa shape index (κ3) is 3.17. The zero-order valence-corrected chi connectivity index (χ0v) is 11.7. The molecule has 0 radical (unpaired) electrons. The number of ether oxygens (including phenoxy) is 1. The molecule has 1 aromatic heterocycles. The first kappa shape index (κ1) is 15.4. The Morgan fingerprint density at radius 2 is 2.09 bits per heavy atom. The maximum Gasteiger partial charge on any atom is 0.343 e. The minimum Gasteiger partial charge on any atom is -0.462 e. The van der Waals surface area contributed by atoms with Crippen molar-refractivity contribution in [3.8, 4) is 17.3 Å². The Kier molecular flexibility index (Phi) is 4.63. The molecule has 0 spiro atoms. The molecular formula is C15H12FN3O3. The van der Waals surface area contributed by atoms with Crippen molar-refractivity contribution in [2.75, 3.05) is 6.61 Å². The maximum atomic E-state index is 13.0. The zero-order valence-electron chi connectivity index (χ0n) is 11.7. The van der Waals surface area contributed by atoms with Gasteiger partial charge >= 0.3 is 5.97 Å². The third-order valence-corrected chi connectivity index (χ3v) is 2.83. The summed E-state index contributed by atoms with van der Waals surface area (Å²) in [5, 5.41) is 12.8. The number of halogens is 1. The van der Waals surface area contributed by atoms with E-state index in [9.17, 15) is 14.0 Å². The average Bonchev–Trinajstić information content (AvgIpc) is 2.50. The number of benzene rings is 1. The van der Waals surface area contributed by atoms with Gasteiger partial charge in [0.25, 0.3) is 5.56 Å². The SMILES string of the molecule is CCOC(=O)c1cc(-c2ccc(F)cc2)nn(CC#N)c1=O. The number of nitrogens with zero attached hydrogens (tertiary/aromatic N) is 3. The fourth-order valence-corrected chi connectivity index (χ4v) is 1.83. The number of nitriles is 1. The van der Waals surface area contributed by atoms with Crippen LogP contribution in [0.3, 0.4) is 0 Å². The van der Waals surface area contributed by atoms with Crippen molar-refractivity contribution < 1.29 is 13.9 Å². The summed E-state index contributed by atoms with van der Waals surface area (Å²) < 4.78 is 18.7. The summed E-state index contributed by atoms with van der Waals surface area (Å²) in [4.78, 5) is 24.0. The van der Waals surface area contributed by atoms with Gasteiger partial charge in [-0.05, 0) is 37.3 Å². The molecule has 0 saturated heterocycles. The summed E-state index contributed by atoms with van der Waals surface area (Å²) in [5.74, 6) is -1.20. The highest BCUT2D eigenvalue weighted by atomic mass is 19.1. The molecule has 2 aromatic rings. The Morgan fingerprint density at radius 3 is 2.68 bits per heavy atom. The van der Waals surface area contributed by atoms with Crippen LogP contribution in [-0.2, 0) is 11.3 Å². The minimum absolute atomic E-state index is 0.116. The molecule has 2 rings (SSSR count). The summed E-state index contributed by atoms with van der Waals surface area (Å²) in [6.07, 6.45) is 0. The standard InChI is InChI=1S/C15H12FN3O3/c1-2-22-15(21)12-9-13(10-3-5-11(16)6-4-10)18-19(8-7-17)14(12)20/h3-6,9H,2,8H2,1H3. The second kappa shape index (κ2) is 6.63. The van der Waals surface area contributed by atoms with Gasteiger partial charge in [0, 0.05) is 5.56 Å². The first-order chi connectivity index (χ1) is 10.6. The van der Waals surface area contributed by atoms with Crippen molar-refractivity contribution in [1.82, 2.24) is 9.78 Å². The van der Waals surface area contributed by atoms with Crippen molar-refractivity contribution in [2.45, 2.75) is 13.5 Å². The van der Waals surface area contributed by atoms with Gasteiger partial charge < -0.3 is 4.74 Å². The number of carbonyl (C=O) groups excluding carboxylic acids is 1. The molecule has 0 bridgehead atoms. The van der Waals surface area contributed by atoms with Gasteiger partial charge in [-0.1, -0.05) is 0 Å². The molecular weight excluding hydrogens is 289 g/mol. The number of aromatic nitrogens is 2. The summed E-state index contributed by atoms with van der Waals surface area (Å²) in [5.41, 5.74) is -0.131. The molecule has 0 saturated carbocycles. The maximum absolute atomic E-state index is 13.0. The van der Waals surface area contributed by atoms with Crippen LogP contribution in [0.1, 0.15) is 17.3 Å². The smallest absolute Gasteiger partial charge is 0.343 e. The van der Waals surface area contributed by atoms with Crippen LogP contribution in [0, 0.1) is 17.1 Å². The fourth-order valence-electron chi connectivity index (χ4n) is 1.83. The Bertz CT molecular complexity index is 791. The van der Waals surface area contributed by atoms with E-state index in [1.54, 1.807) is 13.0 Å². The van der Waals surface area contributed by atoms with Crippen LogP contribution in [0.15, 0.2) is 35.1 Å². The van der Waals surface area contributed by atoms with E-state index in [0.29, 0.717) is 5.56 Å². The highest BCUT2D eigenvalue weighted by Crippen LogP contribution is 2.17. The van der Waals surface area contributed by atoms with Crippen molar-refractivity contribution >= 4 is 5.97 Å². The molecule has 1 heterocycles. The van der Waals surface area contributed by atoms with Gasteiger partial charge in [-0.15, -0.1) is 0 Å². The lowest BCUT2D eigenvalue weighted by atomic mass is 10.1. The molecule has 1 aromatic carbocycles. The lowest BCUT2D eigenvalue weighted by Gasteiger charge is -2.08. The van der Waals surface area contributed by atoms with E-state index in [1.165, 1.54) is 30.3 Å². The summed E-state index contributed by atoms with van der Waals surface area (Å²) in [7, 11) is 0. The third-order valence-electron chi connectivity index (χ3n) is 2.83. The van der Waals surface area contributed by atoms with Crippen LogP contribution in [0.25, 0.3) is 11.3 Å². The van der Waals surface area contributed by atoms with Gasteiger partial charge in [0.05, 0.1) is 18.4 Å². The van der Waals surface area contributed by atoms with E-state index in [-0.39, 0.29) is 24.4 Å². The highest BCUT2D eigenvalue weighted by molar-refractivity contribution is 5.90. The first-order valence-corrected chi connectivity index (χ1v) is 6.49. The summed E-state index contributed by atoms with van der Waals surface area (Å²) in [6, 6.07) is 8.48. The summed E-state index contributed by atoms with van der Waals surface area (Å²) in [6.45, 7) is 1.43. The van der Waals surface area contributed by atoms with Gasteiger partial charge in [0.2, 0.25) is 0 Å². The van der Waals surface area contributed by atoms with E-state index in [1.807, 2.05) is 0 Å². The van der Waals surface area contributed by atoms with Crippen LogP contribution in [0.5, 0.6) is 0 Å². The van der Waals surface area contributed by atoms with E-state index < -0.39 is 17.3 Å². The predicted molar refractivity (Wildman–Crippen MR) is 75.5 cm³/mol. The van der Waals surface area contributed by atoms with E-state index in [4.69, 9.17) is 10.00 Å². The molecule has 0 fully saturated rings. The van der Waals surface area contributed by atoms with E-state index in [2.05, 4.69) is 5.10 Å². The van der Waals surface area contributed by atoms with Crippen LogP contribution < -0.4 is 5.56 Å². The molecule has 0 unspecified atom stereocenters. The molecule has 0 aliphatic carbocycles. The molecule has 6 nitrogen and oxygen atoms in total. The fraction of sp³-hybridized carbons (Fsp3) is 0.200. The van der Waals surface area contributed by atoms with Crippen LogP contribution >= 0.6 is 0 Å². The van der Waals surface area contributed by atoms with Crippen molar-refractivity contribution in [2.24, 2.45) is 0 Å². The number of rotatable bonds is 4. The molecule has 0 amide bonds. The van der Waals surface area contributed by atoms with E-state index in [0.717, 1.165) is 4.68 Å². The predicted octanol–water partition coefficient (Wildman–Crippen LogP) is 1.75. The number of carbonyl (C=O) groups is 1. The lowest BCUT2D eigenvalue weighted by molar-refractivity contribution is 0.0523. The second-order valence-corrected chi connectivity index (χ2v) is 4.29. The average molecular weight is 301 g/mol. The number of hydrogen-bond acceptors (Lipinski definition) is 5. The van der Waals surface area contributed by atoms with Gasteiger partial charge in [-0.25, -0.2) is 13.9 Å². The summed E-state index contributed by atoms with van der Waals surface area (Å²) >= 11 is 0. The van der Waals surface area contributed by atoms with Gasteiger partial charge in [0.15, 0.2) is 0 Å². The van der Waals surface area contributed by atoms with Crippen molar-refractivity contribution in [3.63, 3.8) is 0 Å². The Labute approximate surface area is 125 Å². The second-order valence-electron chi connectivity index (χ2n) is 4.29. The highest BCUT2D eigenvalue weighted by Gasteiger charge is 2.17. The normalized spacial score (nSPS) is 10.0. The van der Waals surface area contributed by atoms with Gasteiger partial charge in [0.1, 0.15) is 17.9 Å². The quantitative estimate of drug-likeness (QED) is 0.803. The Morgan fingerprint density at radius 1 is 1.41 bits per heavy atom. The van der Waals surface area contributed by atoms with Gasteiger partial charge in [-0.3, -0.25) is 4.79 Å². The van der Waals surface area contributed by atoms with Crippen molar-refractivity contribution in [3.05, 3.63) is 52.1 Å². The van der Waals surface area contributed by atoms with Crippen LogP contribution in [-0.4, -0.2) is 22.4 Å². The minimum atomic E-state index is -0.787. The van der Waals surface area contributed by atoms with Crippen LogP contribution in [0.2, 0.25) is 0 Å². The first-order valence-electron chi connectivity index (χ1n) is 6.49. The Hall–Kier alpha value is -3.01. The number of hydrogen-bond donors (Lipinski definition) is 0. The molecule has 0 aliphatic heterocycles. The number of esters is 1. The van der Waals surface area contributed by atoms with Crippen LogP contribution in [0.4, 0.5) is 4.39 Å². The molecule has 112 valence electrons.